The number of nitrogens with one attached hydrogen (secondary N) is 2. The number of halogens is 4. The standard InChI is InChI=1S/C14H17F3N2O.ClH/c15-14(16,17)11-5-3-10(4-6-11)8-13(20)19-12-2-1-7-18-9-12;/h3-6,12,18H,1-2,7-9H2,(H,19,20);1H/t12-;/m0./s1. The van der Waals surface area contributed by atoms with E-state index in [1.54, 1.807) is 0 Å². The van der Waals surface area contributed by atoms with Crippen molar-refractivity contribution in [2.45, 2.75) is 31.5 Å². The Morgan fingerprint density at radius 2 is 1.95 bits per heavy atom. The quantitative estimate of drug-likeness (QED) is 0.898. The van der Waals surface area contributed by atoms with Crippen LogP contribution in [-0.4, -0.2) is 25.0 Å². The average Bonchev–Trinajstić information content (AvgIpc) is 2.39. The fraction of sp³-hybridized carbons (Fsp3) is 0.500. The molecule has 7 heteroatoms. The summed E-state index contributed by atoms with van der Waals surface area (Å²) in [4.78, 5) is 11.8. The average molecular weight is 323 g/mol. The second-order valence-electron chi connectivity index (χ2n) is 4.98. The van der Waals surface area contributed by atoms with E-state index in [1.807, 2.05) is 0 Å². The number of hydrogen-bond donors (Lipinski definition) is 2. The van der Waals surface area contributed by atoms with Crippen molar-refractivity contribution in [2.24, 2.45) is 0 Å². The second kappa shape index (κ2) is 7.66. The highest BCUT2D eigenvalue weighted by Crippen LogP contribution is 2.29. The third-order valence-electron chi connectivity index (χ3n) is 3.31. The van der Waals surface area contributed by atoms with Crippen LogP contribution in [0.3, 0.4) is 0 Å². The van der Waals surface area contributed by atoms with Gasteiger partial charge in [0.25, 0.3) is 0 Å². The number of hydrogen-bond acceptors (Lipinski definition) is 2. The highest BCUT2D eigenvalue weighted by Gasteiger charge is 2.30. The minimum absolute atomic E-state index is 0. The number of rotatable bonds is 3. The van der Waals surface area contributed by atoms with Gasteiger partial charge >= 0.3 is 6.18 Å². The van der Waals surface area contributed by atoms with Crippen LogP contribution in [0.15, 0.2) is 24.3 Å². The molecule has 3 nitrogen and oxygen atoms in total. The molecule has 118 valence electrons. The summed E-state index contributed by atoms with van der Waals surface area (Å²) in [5.41, 5.74) is -0.114. The van der Waals surface area contributed by atoms with Crippen LogP contribution in [0.2, 0.25) is 0 Å². The first-order chi connectivity index (χ1) is 9.45. The first-order valence-corrected chi connectivity index (χ1v) is 6.61. The Balaban J connectivity index is 0.00000220. The fourth-order valence-electron chi connectivity index (χ4n) is 2.25. The zero-order valence-corrected chi connectivity index (χ0v) is 12.2. The predicted octanol–water partition coefficient (Wildman–Crippen LogP) is 2.54. The van der Waals surface area contributed by atoms with Gasteiger partial charge in [-0.1, -0.05) is 12.1 Å². The molecule has 1 heterocycles. The molecular formula is C14H18ClF3N2O. The highest BCUT2D eigenvalue weighted by molar-refractivity contribution is 5.85. The van der Waals surface area contributed by atoms with E-state index in [4.69, 9.17) is 0 Å². The summed E-state index contributed by atoms with van der Waals surface area (Å²) < 4.78 is 37.2. The summed E-state index contributed by atoms with van der Waals surface area (Å²) in [6, 6.07) is 4.82. The summed E-state index contributed by atoms with van der Waals surface area (Å²) >= 11 is 0. The maximum atomic E-state index is 12.4. The van der Waals surface area contributed by atoms with Crippen LogP contribution in [0.1, 0.15) is 24.0 Å². The van der Waals surface area contributed by atoms with Crippen molar-refractivity contribution in [3.05, 3.63) is 35.4 Å². The number of amides is 1. The van der Waals surface area contributed by atoms with Gasteiger partial charge in [0.15, 0.2) is 0 Å². The first-order valence-electron chi connectivity index (χ1n) is 6.61. The van der Waals surface area contributed by atoms with Crippen molar-refractivity contribution in [1.29, 1.82) is 0 Å². The lowest BCUT2D eigenvalue weighted by Gasteiger charge is -2.23. The van der Waals surface area contributed by atoms with Crippen LogP contribution >= 0.6 is 12.4 Å². The minimum Gasteiger partial charge on any atom is -0.352 e. The lowest BCUT2D eigenvalue weighted by molar-refractivity contribution is -0.137. The Morgan fingerprint density at radius 1 is 1.29 bits per heavy atom. The van der Waals surface area contributed by atoms with Crippen molar-refractivity contribution >= 4 is 18.3 Å². The maximum absolute atomic E-state index is 12.4. The number of alkyl halides is 3. The van der Waals surface area contributed by atoms with E-state index in [-0.39, 0.29) is 30.8 Å². The third-order valence-corrected chi connectivity index (χ3v) is 3.31. The zero-order chi connectivity index (χ0) is 14.6. The normalized spacial score (nSPS) is 18.7. The van der Waals surface area contributed by atoms with E-state index >= 15 is 0 Å². The lowest BCUT2D eigenvalue weighted by Crippen LogP contribution is -2.46. The van der Waals surface area contributed by atoms with Crippen LogP contribution in [0.4, 0.5) is 13.2 Å². The molecule has 1 aromatic rings. The Kier molecular flexibility index (Phi) is 6.48. The van der Waals surface area contributed by atoms with E-state index in [2.05, 4.69) is 10.6 Å². The molecule has 0 aromatic heterocycles. The summed E-state index contributed by atoms with van der Waals surface area (Å²) in [7, 11) is 0. The molecule has 2 rings (SSSR count). The van der Waals surface area contributed by atoms with Crippen molar-refractivity contribution in [3.8, 4) is 0 Å². The van der Waals surface area contributed by atoms with Gasteiger partial charge in [-0.2, -0.15) is 13.2 Å². The number of piperidine rings is 1. The van der Waals surface area contributed by atoms with Gasteiger partial charge in [-0.3, -0.25) is 4.79 Å². The number of carbonyl (C=O) groups is 1. The van der Waals surface area contributed by atoms with Crippen molar-refractivity contribution < 1.29 is 18.0 Å². The molecule has 0 bridgehead atoms. The van der Waals surface area contributed by atoms with Crippen LogP contribution < -0.4 is 10.6 Å². The highest BCUT2D eigenvalue weighted by atomic mass is 35.5. The molecule has 1 aromatic carbocycles. The summed E-state index contributed by atoms with van der Waals surface area (Å²) in [5.74, 6) is -0.154. The molecule has 0 radical (unpaired) electrons. The third kappa shape index (κ3) is 5.55. The first kappa shape index (κ1) is 17.8. The molecule has 0 saturated carbocycles. The smallest absolute Gasteiger partial charge is 0.352 e. The van der Waals surface area contributed by atoms with E-state index in [0.29, 0.717) is 5.56 Å². The van der Waals surface area contributed by atoms with E-state index in [9.17, 15) is 18.0 Å². The fourth-order valence-corrected chi connectivity index (χ4v) is 2.25. The monoisotopic (exact) mass is 322 g/mol. The number of carbonyl (C=O) groups excluding carboxylic acids is 1. The Morgan fingerprint density at radius 3 is 2.48 bits per heavy atom. The lowest BCUT2D eigenvalue weighted by atomic mass is 10.1. The van der Waals surface area contributed by atoms with Crippen molar-refractivity contribution in [2.75, 3.05) is 13.1 Å². The van der Waals surface area contributed by atoms with Gasteiger partial charge in [0.2, 0.25) is 5.91 Å². The van der Waals surface area contributed by atoms with Gasteiger partial charge in [0.1, 0.15) is 0 Å². The Bertz CT molecular complexity index is 456. The molecule has 0 unspecified atom stereocenters. The van der Waals surface area contributed by atoms with Crippen molar-refractivity contribution in [1.82, 2.24) is 10.6 Å². The SMILES string of the molecule is Cl.O=C(Cc1ccc(C(F)(F)F)cc1)N[C@H]1CCCNC1. The van der Waals surface area contributed by atoms with E-state index in [0.717, 1.165) is 38.1 Å². The summed E-state index contributed by atoms with van der Waals surface area (Å²) in [6.45, 7) is 1.71. The van der Waals surface area contributed by atoms with Crippen LogP contribution in [0, 0.1) is 0 Å². The number of benzene rings is 1. The predicted molar refractivity (Wildman–Crippen MR) is 76.4 cm³/mol. The van der Waals surface area contributed by atoms with Gasteiger partial charge in [-0.25, -0.2) is 0 Å². The molecule has 1 fully saturated rings. The molecule has 0 aliphatic carbocycles. The Hall–Kier alpha value is -1.27. The zero-order valence-electron chi connectivity index (χ0n) is 11.4. The van der Waals surface area contributed by atoms with E-state index < -0.39 is 11.7 Å². The second-order valence-corrected chi connectivity index (χ2v) is 4.98. The molecular weight excluding hydrogens is 305 g/mol. The van der Waals surface area contributed by atoms with Crippen molar-refractivity contribution in [3.63, 3.8) is 0 Å². The summed E-state index contributed by atoms with van der Waals surface area (Å²) in [5, 5.41) is 6.08. The van der Waals surface area contributed by atoms with Gasteiger partial charge in [0, 0.05) is 12.6 Å². The summed E-state index contributed by atoms with van der Waals surface area (Å²) in [6.07, 6.45) is -2.28. The molecule has 0 spiro atoms. The molecule has 1 saturated heterocycles. The molecule has 1 aliphatic heterocycles. The topological polar surface area (TPSA) is 41.1 Å². The maximum Gasteiger partial charge on any atom is 0.416 e. The van der Waals surface area contributed by atoms with Crippen LogP contribution in [0.5, 0.6) is 0 Å². The molecule has 1 aliphatic rings. The van der Waals surface area contributed by atoms with Crippen LogP contribution in [0.25, 0.3) is 0 Å². The van der Waals surface area contributed by atoms with Gasteiger partial charge < -0.3 is 10.6 Å². The van der Waals surface area contributed by atoms with E-state index in [1.165, 1.54) is 12.1 Å². The molecule has 2 N–H and O–H groups in total. The molecule has 1 atom stereocenters. The molecule has 21 heavy (non-hydrogen) atoms. The molecule has 1 amide bonds. The largest absolute Gasteiger partial charge is 0.416 e. The Labute approximate surface area is 127 Å². The van der Waals surface area contributed by atoms with Gasteiger partial charge in [-0.05, 0) is 37.1 Å². The van der Waals surface area contributed by atoms with Crippen LogP contribution in [-0.2, 0) is 17.4 Å². The minimum atomic E-state index is -4.34. The van der Waals surface area contributed by atoms with Gasteiger partial charge in [-0.15, -0.1) is 12.4 Å². The van der Waals surface area contributed by atoms with Gasteiger partial charge in [0.05, 0.1) is 12.0 Å².